The Morgan fingerprint density at radius 3 is 2.78 bits per heavy atom. The minimum absolute atomic E-state index is 0.0628. The number of hydrogen-bond donors (Lipinski definition) is 1. The molecule has 2 heterocycles. The molecule has 1 amide bonds. The number of fused-ring (bicyclic) bond motifs is 1. The number of benzene rings is 2. The highest BCUT2D eigenvalue weighted by molar-refractivity contribution is 7.99. The van der Waals surface area contributed by atoms with Crippen LogP contribution in [0.1, 0.15) is 5.56 Å². The molecule has 0 radical (unpaired) electrons. The van der Waals surface area contributed by atoms with Crippen molar-refractivity contribution in [3.63, 3.8) is 0 Å². The van der Waals surface area contributed by atoms with Crippen LogP contribution in [-0.2, 0) is 17.9 Å². The van der Waals surface area contributed by atoms with E-state index in [4.69, 9.17) is 4.74 Å². The summed E-state index contributed by atoms with van der Waals surface area (Å²) in [6.45, 7) is -0.100. The van der Waals surface area contributed by atoms with E-state index in [2.05, 4.69) is 15.3 Å². The van der Waals surface area contributed by atoms with E-state index < -0.39 is 17.5 Å². The highest BCUT2D eigenvalue weighted by Gasteiger charge is 2.18. The number of nitrogens with zero attached hydrogens (tertiary/aromatic N) is 3. The van der Waals surface area contributed by atoms with Crippen molar-refractivity contribution >= 4 is 28.7 Å². The number of pyridine rings is 1. The van der Waals surface area contributed by atoms with Gasteiger partial charge in [0.05, 0.1) is 11.0 Å². The van der Waals surface area contributed by atoms with Gasteiger partial charge >= 0.3 is 0 Å². The fraction of sp³-hybridized carbons (Fsp3) is 0.136. The highest BCUT2D eigenvalue weighted by Crippen LogP contribution is 2.28. The van der Waals surface area contributed by atoms with Crippen LogP contribution in [0.4, 0.5) is 13.2 Å². The smallest absolute Gasteiger partial charge is 0.291 e. The largest absolute Gasteiger partial charge is 0.439 e. The quantitative estimate of drug-likeness (QED) is 0.377. The van der Waals surface area contributed by atoms with E-state index >= 15 is 0 Å². The van der Waals surface area contributed by atoms with Crippen LogP contribution in [0.5, 0.6) is 11.6 Å². The van der Waals surface area contributed by atoms with Crippen molar-refractivity contribution in [2.45, 2.75) is 24.0 Å². The summed E-state index contributed by atoms with van der Waals surface area (Å²) in [6, 6.07) is 15.9. The molecule has 0 saturated carbocycles. The van der Waals surface area contributed by atoms with Crippen molar-refractivity contribution < 1.29 is 22.7 Å². The molecule has 2 aromatic heterocycles. The number of amides is 1. The molecule has 2 aromatic carbocycles. The lowest BCUT2D eigenvalue weighted by molar-refractivity contribution is -0.121. The van der Waals surface area contributed by atoms with Crippen molar-refractivity contribution in [1.29, 1.82) is 0 Å². The first-order chi connectivity index (χ1) is 15.5. The zero-order chi connectivity index (χ0) is 22.5. The molecule has 0 fully saturated rings. The van der Waals surface area contributed by atoms with Gasteiger partial charge in [0.2, 0.25) is 11.8 Å². The molecule has 0 saturated heterocycles. The molecule has 0 atom stereocenters. The van der Waals surface area contributed by atoms with Crippen molar-refractivity contribution in [2.75, 3.05) is 0 Å². The third-order valence-corrected chi connectivity index (χ3v) is 5.15. The molecule has 0 aliphatic carbocycles. The number of carbonyl (C=O) groups excluding carboxylic acids is 1. The molecule has 1 N–H and O–H groups in total. The van der Waals surface area contributed by atoms with Gasteiger partial charge in [-0.05, 0) is 42.1 Å². The van der Waals surface area contributed by atoms with Crippen LogP contribution in [0.25, 0.3) is 11.0 Å². The molecule has 0 bridgehead atoms. The van der Waals surface area contributed by atoms with Gasteiger partial charge in [-0.25, -0.2) is 14.4 Å². The fourth-order valence-corrected chi connectivity index (χ4v) is 3.66. The first kappa shape index (κ1) is 21.7. The second-order valence-corrected chi connectivity index (χ2v) is 7.61. The van der Waals surface area contributed by atoms with Crippen molar-refractivity contribution in [3.8, 4) is 11.6 Å². The number of alkyl halides is 2. The number of rotatable bonds is 8. The van der Waals surface area contributed by atoms with E-state index in [0.717, 1.165) is 0 Å². The molecule has 4 aromatic rings. The first-order valence-electron chi connectivity index (χ1n) is 9.53. The lowest BCUT2D eigenvalue weighted by Crippen LogP contribution is -2.27. The van der Waals surface area contributed by atoms with E-state index in [1.54, 1.807) is 42.5 Å². The Balaban J connectivity index is 1.47. The standard InChI is InChI=1S/C22H17F3N4O2S/c23-15-6-3-7-16(11-15)31-20-14(5-4-10-26-20)12-27-19(30)13-29-18-9-2-1-8-17(18)28-22(29)32-21(24)25/h1-11,21H,12-13H2,(H,27,30). The van der Waals surface area contributed by atoms with Gasteiger partial charge in [0.25, 0.3) is 5.76 Å². The summed E-state index contributed by atoms with van der Waals surface area (Å²) < 4.78 is 46.4. The Labute approximate surface area is 185 Å². The summed E-state index contributed by atoms with van der Waals surface area (Å²) in [4.78, 5) is 21.0. The van der Waals surface area contributed by atoms with Gasteiger partial charge in [-0.2, -0.15) is 8.78 Å². The van der Waals surface area contributed by atoms with Crippen LogP contribution in [0.2, 0.25) is 0 Å². The van der Waals surface area contributed by atoms with E-state index in [-0.39, 0.29) is 41.6 Å². The second-order valence-electron chi connectivity index (χ2n) is 6.65. The average Bonchev–Trinajstić information content (AvgIpc) is 3.09. The molecule has 0 aliphatic rings. The zero-order valence-corrected chi connectivity index (χ0v) is 17.4. The molecule has 10 heteroatoms. The minimum Gasteiger partial charge on any atom is -0.439 e. The van der Waals surface area contributed by atoms with Gasteiger partial charge in [-0.1, -0.05) is 24.3 Å². The minimum atomic E-state index is -2.66. The van der Waals surface area contributed by atoms with Crippen LogP contribution in [0.15, 0.2) is 72.0 Å². The molecule has 32 heavy (non-hydrogen) atoms. The SMILES string of the molecule is O=C(Cn1c(SC(F)F)nc2ccccc21)NCc1cccnc1Oc1cccc(F)c1. The molecule has 0 spiro atoms. The van der Waals surface area contributed by atoms with Crippen LogP contribution < -0.4 is 10.1 Å². The summed E-state index contributed by atoms with van der Waals surface area (Å²) in [5, 5.41) is 2.80. The fourth-order valence-electron chi connectivity index (χ4n) is 3.06. The summed E-state index contributed by atoms with van der Waals surface area (Å²) in [5.41, 5.74) is 1.69. The predicted molar refractivity (Wildman–Crippen MR) is 114 cm³/mol. The van der Waals surface area contributed by atoms with Gasteiger partial charge in [-0.15, -0.1) is 0 Å². The maximum absolute atomic E-state index is 13.4. The monoisotopic (exact) mass is 458 g/mol. The normalized spacial score (nSPS) is 11.1. The maximum Gasteiger partial charge on any atom is 0.291 e. The lowest BCUT2D eigenvalue weighted by atomic mass is 10.2. The average molecular weight is 458 g/mol. The number of aromatic nitrogens is 3. The lowest BCUT2D eigenvalue weighted by Gasteiger charge is -2.12. The molecular weight excluding hydrogens is 441 g/mol. The summed E-state index contributed by atoms with van der Waals surface area (Å²) in [7, 11) is 0. The van der Waals surface area contributed by atoms with E-state index in [1.165, 1.54) is 29.0 Å². The van der Waals surface area contributed by atoms with Crippen LogP contribution in [0.3, 0.4) is 0 Å². The summed E-state index contributed by atoms with van der Waals surface area (Å²) in [6.07, 6.45) is 1.52. The third kappa shape index (κ3) is 5.20. The van der Waals surface area contributed by atoms with Crippen molar-refractivity contribution in [3.05, 3.63) is 78.2 Å². The number of carbonyl (C=O) groups is 1. The molecule has 6 nitrogen and oxygen atoms in total. The Hall–Kier alpha value is -3.53. The highest BCUT2D eigenvalue weighted by atomic mass is 32.2. The van der Waals surface area contributed by atoms with Crippen LogP contribution in [0, 0.1) is 5.82 Å². The number of nitrogens with one attached hydrogen (secondary N) is 1. The Morgan fingerprint density at radius 2 is 1.97 bits per heavy atom. The molecule has 0 aliphatic heterocycles. The predicted octanol–water partition coefficient (Wildman–Crippen LogP) is 4.99. The summed E-state index contributed by atoms with van der Waals surface area (Å²) in [5.74, 6) is -3.01. The van der Waals surface area contributed by atoms with Crippen LogP contribution in [-0.4, -0.2) is 26.2 Å². The van der Waals surface area contributed by atoms with E-state index in [0.29, 0.717) is 16.6 Å². The molecule has 0 unspecified atom stereocenters. The number of ether oxygens (including phenoxy) is 1. The molecular formula is C22H17F3N4O2S. The Morgan fingerprint density at radius 1 is 1.12 bits per heavy atom. The van der Waals surface area contributed by atoms with Crippen LogP contribution >= 0.6 is 11.8 Å². The first-order valence-corrected chi connectivity index (χ1v) is 10.4. The Bertz CT molecular complexity index is 1250. The topological polar surface area (TPSA) is 69.0 Å². The maximum atomic E-state index is 13.4. The van der Waals surface area contributed by atoms with Gasteiger partial charge in [0.1, 0.15) is 18.1 Å². The third-order valence-electron chi connectivity index (χ3n) is 4.45. The van der Waals surface area contributed by atoms with Gasteiger partial charge < -0.3 is 14.6 Å². The molecule has 164 valence electrons. The number of hydrogen-bond acceptors (Lipinski definition) is 5. The zero-order valence-electron chi connectivity index (χ0n) is 16.5. The van der Waals surface area contributed by atoms with E-state index in [1.807, 2.05) is 0 Å². The van der Waals surface area contributed by atoms with Crippen molar-refractivity contribution in [1.82, 2.24) is 19.9 Å². The molecule has 4 rings (SSSR count). The number of para-hydroxylation sites is 2. The number of halogens is 3. The van der Waals surface area contributed by atoms with Gasteiger partial charge in [0.15, 0.2) is 5.16 Å². The number of imidazole rings is 1. The van der Waals surface area contributed by atoms with Gasteiger partial charge in [-0.3, -0.25) is 4.79 Å². The summed E-state index contributed by atoms with van der Waals surface area (Å²) >= 11 is 0.290. The number of thioether (sulfide) groups is 1. The van der Waals surface area contributed by atoms with E-state index in [9.17, 15) is 18.0 Å². The van der Waals surface area contributed by atoms with Crippen molar-refractivity contribution in [2.24, 2.45) is 0 Å². The van der Waals surface area contributed by atoms with Gasteiger partial charge in [0, 0.05) is 24.4 Å². The second kappa shape index (κ2) is 9.73. The Kier molecular flexibility index (Phi) is 6.60.